The van der Waals surface area contributed by atoms with Crippen LogP contribution in [0.2, 0.25) is 0 Å². The second-order valence-electron chi connectivity index (χ2n) is 4.68. The molecule has 0 N–H and O–H groups in total. The van der Waals surface area contributed by atoms with Crippen molar-refractivity contribution < 1.29 is 4.74 Å². The molecule has 2 rings (SSSR count). The molecule has 0 unspecified atom stereocenters. The predicted molar refractivity (Wildman–Crippen MR) is 80.8 cm³/mol. The van der Waals surface area contributed by atoms with E-state index in [0.29, 0.717) is 0 Å². The lowest BCUT2D eigenvalue weighted by Gasteiger charge is -2.09. The Hall–Kier alpha value is -2.09. The van der Waals surface area contributed by atoms with E-state index < -0.39 is 0 Å². The maximum absolute atomic E-state index is 5.37. The lowest BCUT2D eigenvalue weighted by atomic mass is 10.1. The van der Waals surface area contributed by atoms with Crippen LogP contribution in [0.15, 0.2) is 47.5 Å². The van der Waals surface area contributed by atoms with Gasteiger partial charge in [-0.2, -0.15) is 0 Å². The zero-order valence-corrected chi connectivity index (χ0v) is 11.9. The van der Waals surface area contributed by atoms with E-state index in [-0.39, 0.29) is 0 Å². The maximum atomic E-state index is 5.37. The van der Waals surface area contributed by atoms with Crippen LogP contribution in [-0.2, 0) is 0 Å². The summed E-state index contributed by atoms with van der Waals surface area (Å²) in [5.41, 5.74) is 5.36. The number of benzene rings is 2. The lowest BCUT2D eigenvalue weighted by molar-refractivity contribution is 0.408. The lowest BCUT2D eigenvalue weighted by Crippen LogP contribution is -1.94. The van der Waals surface area contributed by atoms with Crippen LogP contribution in [0.5, 0.6) is 5.75 Å². The van der Waals surface area contributed by atoms with Crippen LogP contribution < -0.4 is 4.74 Å². The first kappa shape index (κ1) is 13.3. The van der Waals surface area contributed by atoms with E-state index in [4.69, 9.17) is 4.74 Å². The number of rotatable bonds is 3. The zero-order chi connectivity index (χ0) is 13.8. The van der Waals surface area contributed by atoms with Crippen LogP contribution in [0.3, 0.4) is 0 Å². The van der Waals surface area contributed by atoms with E-state index in [9.17, 15) is 0 Å². The fraction of sp³-hybridized carbons (Fsp3) is 0.235. The molecule has 0 aliphatic rings. The molecule has 2 aromatic carbocycles. The largest absolute Gasteiger partial charge is 0.496 e. The Balaban J connectivity index is 2.39. The van der Waals surface area contributed by atoms with Gasteiger partial charge in [0.2, 0.25) is 0 Å². The van der Waals surface area contributed by atoms with E-state index in [1.54, 1.807) is 7.11 Å². The third kappa shape index (κ3) is 3.02. The van der Waals surface area contributed by atoms with Gasteiger partial charge in [0.1, 0.15) is 5.75 Å². The van der Waals surface area contributed by atoms with Crippen molar-refractivity contribution in [3.05, 3.63) is 59.2 Å². The molecule has 0 heterocycles. The summed E-state index contributed by atoms with van der Waals surface area (Å²) in [7, 11) is 1.70. The van der Waals surface area contributed by atoms with Gasteiger partial charge < -0.3 is 4.74 Å². The molecule has 0 saturated carbocycles. The van der Waals surface area contributed by atoms with Crippen molar-refractivity contribution in [1.82, 2.24) is 0 Å². The first-order valence-corrected chi connectivity index (χ1v) is 6.37. The fourth-order valence-corrected chi connectivity index (χ4v) is 2.25. The molecule has 0 atom stereocenters. The van der Waals surface area contributed by atoms with Gasteiger partial charge in [0.25, 0.3) is 0 Å². The highest BCUT2D eigenvalue weighted by Crippen LogP contribution is 2.28. The van der Waals surface area contributed by atoms with E-state index in [1.807, 2.05) is 39.0 Å². The predicted octanol–water partition coefficient (Wildman–Crippen LogP) is 4.45. The van der Waals surface area contributed by atoms with Gasteiger partial charge in [-0.3, -0.25) is 4.99 Å². The molecule has 98 valence electrons. The molecule has 2 heteroatoms. The highest BCUT2D eigenvalue weighted by molar-refractivity contribution is 6.00. The van der Waals surface area contributed by atoms with Crippen LogP contribution in [0.1, 0.15) is 23.6 Å². The molecule has 19 heavy (non-hydrogen) atoms. The average Bonchev–Trinajstić information content (AvgIpc) is 2.39. The summed E-state index contributed by atoms with van der Waals surface area (Å²) in [6, 6.07) is 14.3. The molecule has 0 radical (unpaired) electrons. The van der Waals surface area contributed by atoms with Crippen molar-refractivity contribution in [2.24, 2.45) is 4.99 Å². The summed E-state index contributed by atoms with van der Waals surface area (Å²) in [5.74, 6) is 0.941. The van der Waals surface area contributed by atoms with Crippen LogP contribution in [-0.4, -0.2) is 12.8 Å². The molecule has 0 spiro atoms. The maximum Gasteiger partial charge on any atom is 0.124 e. The third-order valence-electron chi connectivity index (χ3n) is 3.14. The second kappa shape index (κ2) is 5.70. The fourth-order valence-electron chi connectivity index (χ4n) is 2.25. The Kier molecular flexibility index (Phi) is 4.00. The van der Waals surface area contributed by atoms with Crippen molar-refractivity contribution in [3.8, 4) is 5.75 Å². The van der Waals surface area contributed by atoms with Gasteiger partial charge in [0.05, 0.1) is 12.8 Å². The molecule has 0 bridgehead atoms. The zero-order valence-electron chi connectivity index (χ0n) is 11.9. The number of aliphatic imine (C=N–C) groups is 1. The Labute approximate surface area is 114 Å². The third-order valence-corrected chi connectivity index (χ3v) is 3.14. The number of hydrogen-bond donors (Lipinski definition) is 0. The first-order chi connectivity index (χ1) is 9.11. The molecular weight excluding hydrogens is 234 g/mol. The van der Waals surface area contributed by atoms with E-state index >= 15 is 0 Å². The molecular formula is C17H19NO. The topological polar surface area (TPSA) is 21.6 Å². The summed E-state index contributed by atoms with van der Waals surface area (Å²) in [4.78, 5) is 4.69. The van der Waals surface area contributed by atoms with E-state index in [0.717, 1.165) is 33.8 Å². The van der Waals surface area contributed by atoms with Crippen molar-refractivity contribution in [3.63, 3.8) is 0 Å². The van der Waals surface area contributed by atoms with Crippen molar-refractivity contribution in [1.29, 1.82) is 0 Å². The highest BCUT2D eigenvalue weighted by atomic mass is 16.5. The summed E-state index contributed by atoms with van der Waals surface area (Å²) in [6.07, 6.45) is 0. The van der Waals surface area contributed by atoms with Gasteiger partial charge in [-0.15, -0.1) is 0 Å². The van der Waals surface area contributed by atoms with Crippen LogP contribution in [0.4, 0.5) is 5.69 Å². The summed E-state index contributed by atoms with van der Waals surface area (Å²) < 4.78 is 5.37. The van der Waals surface area contributed by atoms with Gasteiger partial charge in [-0.05, 0) is 49.6 Å². The molecule has 0 saturated heterocycles. The van der Waals surface area contributed by atoms with Crippen molar-refractivity contribution in [2.45, 2.75) is 20.8 Å². The molecule has 0 fully saturated rings. The van der Waals surface area contributed by atoms with Crippen molar-refractivity contribution in [2.75, 3.05) is 7.11 Å². The number of methoxy groups -OCH3 is 1. The summed E-state index contributed by atoms with van der Waals surface area (Å²) in [6.45, 7) is 6.12. The minimum Gasteiger partial charge on any atom is -0.496 e. The number of aryl methyl sites for hydroxylation is 2. The summed E-state index contributed by atoms with van der Waals surface area (Å²) >= 11 is 0. The van der Waals surface area contributed by atoms with Gasteiger partial charge in [-0.25, -0.2) is 0 Å². The van der Waals surface area contributed by atoms with E-state index in [2.05, 4.69) is 29.3 Å². The number of nitrogens with zero attached hydrogens (tertiary/aromatic N) is 1. The molecule has 2 aromatic rings. The molecule has 2 nitrogen and oxygen atoms in total. The average molecular weight is 253 g/mol. The Bertz CT molecular complexity index is 577. The smallest absolute Gasteiger partial charge is 0.124 e. The number of hydrogen-bond acceptors (Lipinski definition) is 2. The Morgan fingerprint density at radius 2 is 1.58 bits per heavy atom. The molecule has 0 amide bonds. The minimum atomic E-state index is 0.941. The monoisotopic (exact) mass is 253 g/mol. The number of ether oxygens (including phenoxy) is 1. The second-order valence-corrected chi connectivity index (χ2v) is 4.68. The van der Waals surface area contributed by atoms with Crippen LogP contribution >= 0.6 is 0 Å². The van der Waals surface area contributed by atoms with Gasteiger partial charge in [-0.1, -0.05) is 30.3 Å². The van der Waals surface area contributed by atoms with Gasteiger partial charge in [0.15, 0.2) is 0 Å². The molecule has 0 aliphatic carbocycles. The Morgan fingerprint density at radius 3 is 2.11 bits per heavy atom. The Morgan fingerprint density at radius 1 is 1.00 bits per heavy atom. The van der Waals surface area contributed by atoms with Gasteiger partial charge >= 0.3 is 0 Å². The molecule has 0 aliphatic heterocycles. The van der Waals surface area contributed by atoms with Crippen molar-refractivity contribution >= 4 is 11.4 Å². The quantitative estimate of drug-likeness (QED) is 0.740. The first-order valence-electron chi connectivity index (χ1n) is 6.37. The highest BCUT2D eigenvalue weighted by Gasteiger charge is 2.05. The standard InChI is InChI=1S/C17H19NO/c1-12-10-16(11-13(2)17(12)19-4)18-14(3)15-8-6-5-7-9-15/h5-11H,1-4H3. The molecule has 0 aromatic heterocycles. The minimum absolute atomic E-state index is 0.941. The summed E-state index contributed by atoms with van der Waals surface area (Å²) in [5, 5.41) is 0. The van der Waals surface area contributed by atoms with Crippen LogP contribution in [0.25, 0.3) is 0 Å². The van der Waals surface area contributed by atoms with Gasteiger partial charge in [0, 0.05) is 5.71 Å². The van der Waals surface area contributed by atoms with E-state index in [1.165, 1.54) is 0 Å². The SMILES string of the molecule is COc1c(C)cc(N=C(C)c2ccccc2)cc1C. The normalized spacial score (nSPS) is 11.5. The van der Waals surface area contributed by atoms with Crippen LogP contribution in [0, 0.1) is 13.8 Å².